The van der Waals surface area contributed by atoms with Crippen molar-refractivity contribution in [3.8, 4) is 0 Å². The molecular weight excluding hydrogens is 136 g/mol. The number of ether oxygens (including phenoxy) is 1. The SMILES string of the molecule is C=C\C=C/C=C(\C=C/C)OC. The van der Waals surface area contributed by atoms with Gasteiger partial charge in [0, 0.05) is 0 Å². The van der Waals surface area contributed by atoms with Crippen molar-refractivity contribution in [3.63, 3.8) is 0 Å². The first-order chi connectivity index (χ1) is 5.35. The smallest absolute Gasteiger partial charge is 0.118 e. The van der Waals surface area contributed by atoms with Gasteiger partial charge >= 0.3 is 0 Å². The molecule has 0 amide bonds. The molecule has 0 aliphatic heterocycles. The summed E-state index contributed by atoms with van der Waals surface area (Å²) < 4.78 is 5.03. The topological polar surface area (TPSA) is 9.23 Å². The minimum absolute atomic E-state index is 0.839. The first kappa shape index (κ1) is 9.76. The van der Waals surface area contributed by atoms with E-state index in [1.165, 1.54) is 0 Å². The van der Waals surface area contributed by atoms with Gasteiger partial charge in [0.05, 0.1) is 7.11 Å². The van der Waals surface area contributed by atoms with Crippen LogP contribution in [0, 0.1) is 0 Å². The fourth-order valence-electron chi connectivity index (χ4n) is 0.585. The Morgan fingerprint density at radius 2 is 2.09 bits per heavy atom. The molecule has 0 unspecified atom stereocenters. The van der Waals surface area contributed by atoms with Crippen LogP contribution >= 0.6 is 0 Å². The molecule has 0 aliphatic rings. The standard InChI is InChI=1S/C10H14O/c1-4-6-7-9-10(11-3)8-5-2/h4-9H,1H2,2-3H3/b7-6-,8-5-,10-9+. The van der Waals surface area contributed by atoms with Gasteiger partial charge in [0.25, 0.3) is 0 Å². The van der Waals surface area contributed by atoms with Crippen molar-refractivity contribution in [2.75, 3.05) is 7.11 Å². The average Bonchev–Trinajstić information content (AvgIpc) is 2.03. The summed E-state index contributed by atoms with van der Waals surface area (Å²) >= 11 is 0. The molecule has 0 radical (unpaired) electrons. The van der Waals surface area contributed by atoms with E-state index in [4.69, 9.17) is 4.74 Å². The summed E-state index contributed by atoms with van der Waals surface area (Å²) in [6.07, 6.45) is 11.2. The lowest BCUT2D eigenvalue weighted by molar-refractivity contribution is 0.307. The van der Waals surface area contributed by atoms with Crippen molar-refractivity contribution in [1.82, 2.24) is 0 Å². The number of methoxy groups -OCH3 is 1. The van der Waals surface area contributed by atoms with E-state index >= 15 is 0 Å². The van der Waals surface area contributed by atoms with E-state index in [0.29, 0.717) is 0 Å². The summed E-state index contributed by atoms with van der Waals surface area (Å²) in [7, 11) is 1.65. The van der Waals surface area contributed by atoms with Crippen molar-refractivity contribution in [2.24, 2.45) is 0 Å². The van der Waals surface area contributed by atoms with Gasteiger partial charge in [0.15, 0.2) is 0 Å². The van der Waals surface area contributed by atoms with Crippen LogP contribution in [0.1, 0.15) is 6.92 Å². The van der Waals surface area contributed by atoms with Crippen molar-refractivity contribution in [1.29, 1.82) is 0 Å². The number of rotatable bonds is 4. The number of hydrogen-bond acceptors (Lipinski definition) is 1. The van der Waals surface area contributed by atoms with Crippen molar-refractivity contribution in [3.05, 3.63) is 48.8 Å². The summed E-state index contributed by atoms with van der Waals surface area (Å²) in [5, 5.41) is 0. The van der Waals surface area contributed by atoms with Gasteiger partial charge in [0.1, 0.15) is 5.76 Å². The van der Waals surface area contributed by atoms with Crippen LogP contribution in [0.2, 0.25) is 0 Å². The Hall–Kier alpha value is -1.24. The number of hydrogen-bond donors (Lipinski definition) is 0. The van der Waals surface area contributed by atoms with Crippen LogP contribution in [0.5, 0.6) is 0 Å². The minimum Gasteiger partial charge on any atom is -0.497 e. The molecule has 0 saturated heterocycles. The molecule has 0 aromatic rings. The fraction of sp³-hybridized carbons (Fsp3) is 0.200. The molecule has 0 N–H and O–H groups in total. The van der Waals surface area contributed by atoms with E-state index < -0.39 is 0 Å². The molecule has 1 nitrogen and oxygen atoms in total. The highest BCUT2D eigenvalue weighted by molar-refractivity contribution is 5.19. The Kier molecular flexibility index (Phi) is 6.10. The molecule has 11 heavy (non-hydrogen) atoms. The quantitative estimate of drug-likeness (QED) is 0.442. The van der Waals surface area contributed by atoms with E-state index in [-0.39, 0.29) is 0 Å². The third kappa shape index (κ3) is 5.22. The van der Waals surface area contributed by atoms with Gasteiger partial charge in [-0.1, -0.05) is 30.9 Å². The first-order valence-corrected chi connectivity index (χ1v) is 3.51. The maximum atomic E-state index is 5.03. The third-order valence-electron chi connectivity index (χ3n) is 1.07. The van der Waals surface area contributed by atoms with E-state index in [2.05, 4.69) is 6.58 Å². The molecule has 0 aromatic carbocycles. The molecular formula is C10H14O. The van der Waals surface area contributed by atoms with Gasteiger partial charge in [-0.2, -0.15) is 0 Å². The second kappa shape index (κ2) is 6.87. The van der Waals surface area contributed by atoms with Crippen LogP contribution in [0.15, 0.2) is 48.8 Å². The molecule has 0 aliphatic carbocycles. The lowest BCUT2D eigenvalue weighted by Crippen LogP contribution is -1.78. The zero-order chi connectivity index (χ0) is 8.53. The first-order valence-electron chi connectivity index (χ1n) is 3.51. The molecule has 60 valence electrons. The molecule has 0 saturated carbocycles. The van der Waals surface area contributed by atoms with Gasteiger partial charge in [0.2, 0.25) is 0 Å². The second-order valence-corrected chi connectivity index (χ2v) is 1.89. The molecule has 0 atom stereocenters. The molecule has 0 bridgehead atoms. The van der Waals surface area contributed by atoms with Crippen molar-refractivity contribution >= 4 is 0 Å². The molecule has 1 heteroatoms. The van der Waals surface area contributed by atoms with Crippen LogP contribution in [-0.2, 0) is 4.74 Å². The zero-order valence-corrected chi connectivity index (χ0v) is 7.08. The Labute approximate surface area is 68.4 Å². The van der Waals surface area contributed by atoms with Gasteiger partial charge in [-0.15, -0.1) is 0 Å². The highest BCUT2D eigenvalue weighted by atomic mass is 16.5. The van der Waals surface area contributed by atoms with E-state index in [1.54, 1.807) is 13.2 Å². The Morgan fingerprint density at radius 1 is 1.36 bits per heavy atom. The summed E-state index contributed by atoms with van der Waals surface area (Å²) in [4.78, 5) is 0. The van der Waals surface area contributed by atoms with E-state index in [9.17, 15) is 0 Å². The predicted molar refractivity (Wildman–Crippen MR) is 49.2 cm³/mol. The van der Waals surface area contributed by atoms with E-state index in [0.717, 1.165) is 5.76 Å². The third-order valence-corrected chi connectivity index (χ3v) is 1.07. The summed E-state index contributed by atoms with van der Waals surface area (Å²) in [6.45, 7) is 5.50. The highest BCUT2D eigenvalue weighted by Crippen LogP contribution is 1.97. The van der Waals surface area contributed by atoms with Crippen LogP contribution in [0.25, 0.3) is 0 Å². The minimum atomic E-state index is 0.839. The summed E-state index contributed by atoms with van der Waals surface area (Å²) in [5.74, 6) is 0.839. The monoisotopic (exact) mass is 150 g/mol. The molecule has 0 aromatic heterocycles. The predicted octanol–water partition coefficient (Wildman–Crippen LogP) is 2.84. The van der Waals surface area contributed by atoms with Crippen molar-refractivity contribution < 1.29 is 4.74 Å². The van der Waals surface area contributed by atoms with Crippen LogP contribution in [-0.4, -0.2) is 7.11 Å². The number of allylic oxidation sites excluding steroid dienone is 6. The highest BCUT2D eigenvalue weighted by Gasteiger charge is 1.82. The maximum absolute atomic E-state index is 5.03. The van der Waals surface area contributed by atoms with Crippen LogP contribution in [0.4, 0.5) is 0 Å². The van der Waals surface area contributed by atoms with Crippen molar-refractivity contribution in [2.45, 2.75) is 6.92 Å². The van der Waals surface area contributed by atoms with E-state index in [1.807, 2.05) is 37.3 Å². The van der Waals surface area contributed by atoms with Gasteiger partial charge in [-0.3, -0.25) is 0 Å². The van der Waals surface area contributed by atoms with Crippen LogP contribution < -0.4 is 0 Å². The Morgan fingerprint density at radius 3 is 2.55 bits per heavy atom. The maximum Gasteiger partial charge on any atom is 0.118 e. The second-order valence-electron chi connectivity index (χ2n) is 1.89. The molecule has 0 fully saturated rings. The normalized spacial score (nSPS) is 12.7. The lowest BCUT2D eigenvalue weighted by Gasteiger charge is -1.95. The summed E-state index contributed by atoms with van der Waals surface area (Å²) in [5.41, 5.74) is 0. The molecule has 0 heterocycles. The largest absolute Gasteiger partial charge is 0.497 e. The molecule has 0 rings (SSSR count). The zero-order valence-electron chi connectivity index (χ0n) is 7.08. The van der Waals surface area contributed by atoms with Gasteiger partial charge in [-0.25, -0.2) is 0 Å². The van der Waals surface area contributed by atoms with Gasteiger partial charge < -0.3 is 4.74 Å². The lowest BCUT2D eigenvalue weighted by atomic mass is 10.3. The fourth-order valence-corrected chi connectivity index (χ4v) is 0.585. The Bertz CT molecular complexity index is 185. The summed E-state index contributed by atoms with van der Waals surface area (Å²) in [6, 6.07) is 0. The van der Waals surface area contributed by atoms with Crippen LogP contribution in [0.3, 0.4) is 0 Å². The van der Waals surface area contributed by atoms with Gasteiger partial charge in [-0.05, 0) is 19.1 Å². The Balaban J connectivity index is 4.11. The average molecular weight is 150 g/mol. The molecule has 0 spiro atoms.